The first kappa shape index (κ1) is 24.5. The monoisotopic (exact) mass is 446 g/mol. The van der Waals surface area contributed by atoms with E-state index in [0.29, 0.717) is 24.6 Å². The summed E-state index contributed by atoms with van der Waals surface area (Å²) in [7, 11) is 1.61. The molecule has 2 rings (SSSR count). The van der Waals surface area contributed by atoms with E-state index in [0.717, 1.165) is 17.1 Å². The molecule has 6 nitrogen and oxygen atoms in total. The van der Waals surface area contributed by atoms with Gasteiger partial charge in [0.15, 0.2) is 0 Å². The molecule has 1 atom stereocenters. The van der Waals surface area contributed by atoms with Gasteiger partial charge in [-0.2, -0.15) is 0 Å². The van der Waals surface area contributed by atoms with Crippen molar-refractivity contribution in [3.8, 4) is 11.5 Å². The van der Waals surface area contributed by atoms with Crippen LogP contribution in [0, 0.1) is 0 Å². The van der Waals surface area contributed by atoms with E-state index in [1.807, 2.05) is 50.2 Å². The Morgan fingerprint density at radius 1 is 1.00 bits per heavy atom. The molecule has 0 unspecified atom stereocenters. The van der Waals surface area contributed by atoms with Crippen LogP contribution in [0.5, 0.6) is 11.5 Å². The maximum atomic E-state index is 13.0. The third-order valence-corrected chi connectivity index (χ3v) is 4.98. The van der Waals surface area contributed by atoms with E-state index >= 15 is 0 Å². The van der Waals surface area contributed by atoms with Gasteiger partial charge in [-0.25, -0.2) is 0 Å². The number of rotatable bonds is 11. The van der Waals surface area contributed by atoms with E-state index in [2.05, 4.69) is 5.32 Å². The minimum Gasteiger partial charge on any atom is -0.497 e. The first-order chi connectivity index (χ1) is 14.8. The highest BCUT2D eigenvalue weighted by Crippen LogP contribution is 2.18. The van der Waals surface area contributed by atoms with Gasteiger partial charge in [-0.1, -0.05) is 23.7 Å². The molecule has 2 aromatic rings. The Labute approximate surface area is 189 Å². The van der Waals surface area contributed by atoms with Gasteiger partial charge in [-0.3, -0.25) is 9.59 Å². The largest absolute Gasteiger partial charge is 0.497 e. The summed E-state index contributed by atoms with van der Waals surface area (Å²) in [5, 5.41) is 3.51. The number of ether oxygens (including phenoxy) is 2. The van der Waals surface area contributed by atoms with Crippen LogP contribution in [0.3, 0.4) is 0 Å². The molecule has 0 aliphatic carbocycles. The molecule has 0 fully saturated rings. The SMILES string of the molecule is COc1ccc(OCCCC(=O)N(Cc2ccc(Cl)cc2)[C@@H](C)C(=O)NC(C)C)cc1. The van der Waals surface area contributed by atoms with Crippen LogP contribution in [0.15, 0.2) is 48.5 Å². The van der Waals surface area contributed by atoms with Crippen molar-refractivity contribution in [3.05, 3.63) is 59.1 Å². The number of hydrogen-bond donors (Lipinski definition) is 1. The number of nitrogens with zero attached hydrogens (tertiary/aromatic N) is 1. The van der Waals surface area contributed by atoms with Crippen LogP contribution in [0.4, 0.5) is 0 Å². The predicted octanol–water partition coefficient (Wildman–Crippen LogP) is 4.45. The van der Waals surface area contributed by atoms with Gasteiger partial charge in [0.2, 0.25) is 11.8 Å². The van der Waals surface area contributed by atoms with Gasteiger partial charge in [0, 0.05) is 24.0 Å². The average Bonchev–Trinajstić information content (AvgIpc) is 2.75. The van der Waals surface area contributed by atoms with Crippen molar-refractivity contribution in [2.75, 3.05) is 13.7 Å². The van der Waals surface area contributed by atoms with Crippen LogP contribution in [0.2, 0.25) is 5.02 Å². The molecule has 7 heteroatoms. The van der Waals surface area contributed by atoms with Crippen LogP contribution in [0.1, 0.15) is 39.2 Å². The first-order valence-electron chi connectivity index (χ1n) is 10.4. The first-order valence-corrected chi connectivity index (χ1v) is 10.8. The molecule has 0 spiro atoms. The van der Waals surface area contributed by atoms with Crippen molar-refractivity contribution in [2.24, 2.45) is 0 Å². The standard InChI is InChI=1S/C24H31ClN2O4/c1-17(2)26-24(29)18(3)27(16-19-7-9-20(25)10-8-19)23(28)6-5-15-31-22-13-11-21(30-4)12-14-22/h7-14,17-18H,5-6,15-16H2,1-4H3,(H,26,29)/t18-/m0/s1. The molecule has 0 saturated carbocycles. The molecule has 0 heterocycles. The summed E-state index contributed by atoms with van der Waals surface area (Å²) in [4.78, 5) is 27.1. The second-order valence-electron chi connectivity index (χ2n) is 7.61. The summed E-state index contributed by atoms with van der Waals surface area (Å²) in [6.07, 6.45) is 0.823. The third-order valence-electron chi connectivity index (χ3n) is 4.73. The molecule has 31 heavy (non-hydrogen) atoms. The van der Waals surface area contributed by atoms with E-state index in [9.17, 15) is 9.59 Å². The van der Waals surface area contributed by atoms with Crippen LogP contribution < -0.4 is 14.8 Å². The Kier molecular flexibility index (Phi) is 9.66. The minimum atomic E-state index is -0.590. The molecule has 2 aromatic carbocycles. The Balaban J connectivity index is 1.97. The summed E-state index contributed by atoms with van der Waals surface area (Å²) in [5.74, 6) is 1.21. The lowest BCUT2D eigenvalue weighted by molar-refractivity contribution is -0.141. The number of carbonyl (C=O) groups excluding carboxylic acids is 2. The van der Waals surface area contributed by atoms with Gasteiger partial charge in [0.05, 0.1) is 13.7 Å². The molecule has 2 amide bonds. The molecular weight excluding hydrogens is 416 g/mol. The highest BCUT2D eigenvalue weighted by atomic mass is 35.5. The molecule has 0 bridgehead atoms. The molecule has 0 aliphatic rings. The van der Waals surface area contributed by atoms with Gasteiger partial charge in [0.1, 0.15) is 17.5 Å². The number of benzene rings is 2. The van der Waals surface area contributed by atoms with Gasteiger partial charge < -0.3 is 19.7 Å². The molecule has 0 aliphatic heterocycles. The number of hydrogen-bond acceptors (Lipinski definition) is 4. The second-order valence-corrected chi connectivity index (χ2v) is 8.05. The molecule has 0 saturated heterocycles. The number of halogens is 1. The Bertz CT molecular complexity index is 838. The third kappa shape index (κ3) is 8.13. The minimum absolute atomic E-state index is 0.000306. The van der Waals surface area contributed by atoms with E-state index in [-0.39, 0.29) is 24.3 Å². The molecular formula is C24H31ClN2O4. The number of amides is 2. The van der Waals surface area contributed by atoms with Crippen LogP contribution in [-0.2, 0) is 16.1 Å². The lowest BCUT2D eigenvalue weighted by Gasteiger charge is -2.29. The molecule has 0 aromatic heterocycles. The molecule has 168 valence electrons. The normalized spacial score (nSPS) is 11.7. The maximum absolute atomic E-state index is 13.0. The average molecular weight is 447 g/mol. The van der Waals surface area contributed by atoms with Crippen molar-refractivity contribution < 1.29 is 19.1 Å². The zero-order valence-electron chi connectivity index (χ0n) is 18.6. The summed E-state index contributed by atoms with van der Waals surface area (Å²) in [6.45, 7) is 6.28. The summed E-state index contributed by atoms with van der Waals surface area (Å²) in [6, 6.07) is 14.0. The fourth-order valence-electron chi connectivity index (χ4n) is 3.00. The molecule has 0 radical (unpaired) electrons. The van der Waals surface area contributed by atoms with Crippen molar-refractivity contribution in [1.82, 2.24) is 10.2 Å². The number of carbonyl (C=O) groups is 2. The Morgan fingerprint density at radius 2 is 1.61 bits per heavy atom. The highest BCUT2D eigenvalue weighted by molar-refractivity contribution is 6.30. The van der Waals surface area contributed by atoms with Gasteiger partial charge in [0.25, 0.3) is 0 Å². The summed E-state index contributed by atoms with van der Waals surface area (Å²) < 4.78 is 10.8. The zero-order valence-corrected chi connectivity index (χ0v) is 19.3. The fourth-order valence-corrected chi connectivity index (χ4v) is 3.13. The van der Waals surface area contributed by atoms with Crippen LogP contribution in [0.25, 0.3) is 0 Å². The van der Waals surface area contributed by atoms with E-state index in [1.165, 1.54) is 0 Å². The van der Waals surface area contributed by atoms with Gasteiger partial charge in [-0.05, 0) is 69.2 Å². The zero-order chi connectivity index (χ0) is 22.8. The Hall–Kier alpha value is -2.73. The molecule has 1 N–H and O–H groups in total. The summed E-state index contributed by atoms with van der Waals surface area (Å²) in [5.41, 5.74) is 0.913. The van der Waals surface area contributed by atoms with E-state index in [1.54, 1.807) is 31.1 Å². The van der Waals surface area contributed by atoms with Crippen LogP contribution >= 0.6 is 11.6 Å². The van der Waals surface area contributed by atoms with Crippen LogP contribution in [-0.4, -0.2) is 42.5 Å². The van der Waals surface area contributed by atoms with Crippen molar-refractivity contribution in [3.63, 3.8) is 0 Å². The van der Waals surface area contributed by atoms with E-state index in [4.69, 9.17) is 21.1 Å². The number of methoxy groups -OCH3 is 1. The predicted molar refractivity (Wildman–Crippen MR) is 122 cm³/mol. The highest BCUT2D eigenvalue weighted by Gasteiger charge is 2.26. The topological polar surface area (TPSA) is 67.9 Å². The fraction of sp³-hybridized carbons (Fsp3) is 0.417. The summed E-state index contributed by atoms with van der Waals surface area (Å²) >= 11 is 5.97. The van der Waals surface area contributed by atoms with Crippen molar-refractivity contribution >= 4 is 23.4 Å². The number of nitrogens with one attached hydrogen (secondary N) is 1. The second kappa shape index (κ2) is 12.2. The smallest absolute Gasteiger partial charge is 0.242 e. The lowest BCUT2D eigenvalue weighted by atomic mass is 10.1. The lowest BCUT2D eigenvalue weighted by Crippen LogP contribution is -2.49. The van der Waals surface area contributed by atoms with Gasteiger partial charge >= 0.3 is 0 Å². The van der Waals surface area contributed by atoms with Crippen molar-refractivity contribution in [2.45, 2.75) is 52.2 Å². The van der Waals surface area contributed by atoms with Gasteiger partial charge in [-0.15, -0.1) is 0 Å². The Morgan fingerprint density at radius 3 is 2.19 bits per heavy atom. The van der Waals surface area contributed by atoms with Crippen molar-refractivity contribution in [1.29, 1.82) is 0 Å². The van der Waals surface area contributed by atoms with E-state index < -0.39 is 6.04 Å². The maximum Gasteiger partial charge on any atom is 0.242 e. The quantitative estimate of drug-likeness (QED) is 0.518.